The van der Waals surface area contributed by atoms with Gasteiger partial charge in [-0.15, -0.1) is 0 Å². The van der Waals surface area contributed by atoms with Gasteiger partial charge in [0.1, 0.15) is 5.60 Å². The molecule has 9 nitrogen and oxygen atoms in total. The van der Waals surface area contributed by atoms with Gasteiger partial charge < -0.3 is 15.0 Å². The summed E-state index contributed by atoms with van der Waals surface area (Å²) in [6.45, 7) is 6.47. The normalized spacial score (nSPS) is 10.9. The number of benzene rings is 1. The largest absolute Gasteiger partial charge is 0.444 e. The molecule has 1 aromatic carbocycles. The van der Waals surface area contributed by atoms with Crippen LogP contribution in [0.15, 0.2) is 48.8 Å². The maximum Gasteiger partial charge on any atom is 0.410 e. The Morgan fingerprint density at radius 1 is 1.20 bits per heavy atom. The van der Waals surface area contributed by atoms with E-state index in [-0.39, 0.29) is 11.6 Å². The molecule has 0 aliphatic rings. The van der Waals surface area contributed by atoms with Gasteiger partial charge >= 0.3 is 6.09 Å². The van der Waals surface area contributed by atoms with Gasteiger partial charge in [0.15, 0.2) is 0 Å². The number of non-ortho nitro benzene ring substituents is 1. The summed E-state index contributed by atoms with van der Waals surface area (Å²) >= 11 is 0. The topological polar surface area (TPSA) is 115 Å². The number of nitrogens with one attached hydrogen (secondary N) is 1. The standard InChI is InChI=1S/C21H26N4O5/c1-21(2,3)30-20(27)24(15-16-6-4-11-22-14-16)13-5-12-23-19(26)17-7-9-18(10-8-17)25(28)29/h4,6-11,14H,5,12-13,15H2,1-3H3,(H,23,26). The summed E-state index contributed by atoms with van der Waals surface area (Å²) in [5, 5.41) is 13.4. The van der Waals surface area contributed by atoms with Crippen LogP contribution in [0.3, 0.4) is 0 Å². The molecule has 1 aromatic heterocycles. The highest BCUT2D eigenvalue weighted by molar-refractivity contribution is 5.94. The molecule has 0 unspecified atom stereocenters. The second-order valence-corrected chi connectivity index (χ2v) is 7.68. The minimum Gasteiger partial charge on any atom is -0.444 e. The molecule has 1 N–H and O–H groups in total. The highest BCUT2D eigenvalue weighted by Crippen LogP contribution is 2.13. The Hall–Kier alpha value is -3.49. The Balaban J connectivity index is 1.90. The number of nitro groups is 1. The van der Waals surface area contributed by atoms with Gasteiger partial charge in [0, 0.05) is 43.2 Å². The molecule has 0 saturated carbocycles. The van der Waals surface area contributed by atoms with Gasteiger partial charge in [-0.25, -0.2) is 4.79 Å². The Kier molecular flexibility index (Phi) is 7.85. The van der Waals surface area contributed by atoms with Crippen LogP contribution in [0.1, 0.15) is 43.1 Å². The number of nitro benzene ring substituents is 1. The molecule has 0 saturated heterocycles. The number of carbonyl (C=O) groups is 2. The molecule has 2 rings (SSSR count). The Bertz CT molecular complexity index is 863. The first-order valence-corrected chi connectivity index (χ1v) is 9.55. The van der Waals surface area contributed by atoms with Crippen molar-refractivity contribution in [1.82, 2.24) is 15.2 Å². The summed E-state index contributed by atoms with van der Waals surface area (Å²) < 4.78 is 5.47. The number of carbonyl (C=O) groups excluding carboxylic acids is 2. The molecule has 0 aliphatic carbocycles. The SMILES string of the molecule is CC(C)(C)OC(=O)N(CCCNC(=O)c1ccc([N+](=O)[O-])cc1)Cc1cccnc1. The van der Waals surface area contributed by atoms with Crippen molar-refractivity contribution in [3.63, 3.8) is 0 Å². The number of rotatable bonds is 8. The molecule has 1 heterocycles. The van der Waals surface area contributed by atoms with Crippen molar-refractivity contribution < 1.29 is 19.2 Å². The number of ether oxygens (including phenoxy) is 1. The lowest BCUT2D eigenvalue weighted by atomic mass is 10.2. The van der Waals surface area contributed by atoms with Gasteiger partial charge in [0.2, 0.25) is 0 Å². The van der Waals surface area contributed by atoms with E-state index in [4.69, 9.17) is 4.74 Å². The van der Waals surface area contributed by atoms with E-state index in [1.807, 2.05) is 6.07 Å². The Morgan fingerprint density at radius 3 is 2.47 bits per heavy atom. The van der Waals surface area contributed by atoms with Crippen LogP contribution < -0.4 is 5.32 Å². The molecule has 0 fully saturated rings. The highest BCUT2D eigenvalue weighted by atomic mass is 16.6. The lowest BCUT2D eigenvalue weighted by molar-refractivity contribution is -0.384. The fraction of sp³-hybridized carbons (Fsp3) is 0.381. The Labute approximate surface area is 175 Å². The molecule has 2 aromatic rings. The van der Waals surface area contributed by atoms with Crippen LogP contribution in [-0.4, -0.2) is 45.5 Å². The smallest absolute Gasteiger partial charge is 0.410 e. The first-order chi connectivity index (χ1) is 14.2. The van der Waals surface area contributed by atoms with Crippen LogP contribution in [-0.2, 0) is 11.3 Å². The van der Waals surface area contributed by atoms with Gasteiger partial charge in [-0.2, -0.15) is 0 Å². The minimum atomic E-state index is -0.617. The van der Waals surface area contributed by atoms with E-state index in [2.05, 4.69) is 10.3 Å². The Morgan fingerprint density at radius 2 is 1.90 bits per heavy atom. The van der Waals surface area contributed by atoms with Gasteiger partial charge in [-0.05, 0) is 51.0 Å². The van der Waals surface area contributed by atoms with E-state index in [0.717, 1.165) is 5.56 Å². The van der Waals surface area contributed by atoms with E-state index >= 15 is 0 Å². The quantitative estimate of drug-likeness (QED) is 0.401. The van der Waals surface area contributed by atoms with Gasteiger partial charge in [-0.1, -0.05) is 6.07 Å². The highest BCUT2D eigenvalue weighted by Gasteiger charge is 2.22. The molecule has 0 spiro atoms. The first kappa shape index (κ1) is 22.8. The lowest BCUT2D eigenvalue weighted by Gasteiger charge is -2.27. The van der Waals surface area contributed by atoms with Crippen LogP contribution in [0.25, 0.3) is 0 Å². The van der Waals surface area contributed by atoms with E-state index < -0.39 is 16.6 Å². The zero-order valence-electron chi connectivity index (χ0n) is 17.3. The molecule has 0 atom stereocenters. The van der Waals surface area contributed by atoms with Crippen molar-refractivity contribution in [2.45, 2.75) is 39.3 Å². The average molecular weight is 414 g/mol. The van der Waals surface area contributed by atoms with Crippen molar-refractivity contribution in [2.24, 2.45) is 0 Å². The maximum absolute atomic E-state index is 12.5. The predicted octanol–water partition coefficient (Wildman–Crippen LogP) is 3.55. The summed E-state index contributed by atoms with van der Waals surface area (Å²) in [5.74, 6) is -0.332. The van der Waals surface area contributed by atoms with Crippen molar-refractivity contribution in [3.05, 3.63) is 70.0 Å². The second kappa shape index (κ2) is 10.3. The number of pyridine rings is 1. The van der Waals surface area contributed by atoms with Gasteiger partial charge in [0.05, 0.1) is 11.5 Å². The first-order valence-electron chi connectivity index (χ1n) is 9.55. The molecule has 0 radical (unpaired) electrons. The average Bonchev–Trinajstić information content (AvgIpc) is 2.69. The third kappa shape index (κ3) is 7.50. The number of aromatic nitrogens is 1. The molecule has 160 valence electrons. The zero-order chi connectivity index (χ0) is 22.1. The molecule has 9 heteroatoms. The molecule has 2 amide bonds. The summed E-state index contributed by atoms with van der Waals surface area (Å²) in [6, 6.07) is 9.06. The van der Waals surface area contributed by atoms with Crippen molar-refractivity contribution >= 4 is 17.7 Å². The third-order valence-electron chi connectivity index (χ3n) is 3.98. The van der Waals surface area contributed by atoms with Crippen molar-refractivity contribution in [1.29, 1.82) is 0 Å². The summed E-state index contributed by atoms with van der Waals surface area (Å²) in [7, 11) is 0. The van der Waals surface area contributed by atoms with Crippen LogP contribution >= 0.6 is 0 Å². The van der Waals surface area contributed by atoms with Crippen LogP contribution in [0.5, 0.6) is 0 Å². The van der Waals surface area contributed by atoms with E-state index in [1.54, 1.807) is 44.1 Å². The van der Waals surface area contributed by atoms with Crippen molar-refractivity contribution in [2.75, 3.05) is 13.1 Å². The number of hydrogen-bond acceptors (Lipinski definition) is 6. The van der Waals surface area contributed by atoms with E-state index in [9.17, 15) is 19.7 Å². The molecule has 0 bridgehead atoms. The fourth-order valence-electron chi connectivity index (χ4n) is 2.58. The number of amides is 2. The van der Waals surface area contributed by atoms with Gasteiger partial charge in [0.25, 0.3) is 11.6 Å². The van der Waals surface area contributed by atoms with Crippen molar-refractivity contribution in [3.8, 4) is 0 Å². The summed E-state index contributed by atoms with van der Waals surface area (Å²) in [5.41, 5.74) is 0.516. The maximum atomic E-state index is 12.5. The summed E-state index contributed by atoms with van der Waals surface area (Å²) in [6.07, 6.45) is 3.43. The van der Waals surface area contributed by atoms with E-state index in [1.165, 1.54) is 24.3 Å². The summed E-state index contributed by atoms with van der Waals surface area (Å²) in [4.78, 5) is 40.5. The van der Waals surface area contributed by atoms with E-state index in [0.29, 0.717) is 31.6 Å². The molecule has 0 aliphatic heterocycles. The minimum absolute atomic E-state index is 0.0741. The van der Waals surface area contributed by atoms with Gasteiger partial charge in [-0.3, -0.25) is 19.9 Å². The predicted molar refractivity (Wildman–Crippen MR) is 111 cm³/mol. The molecular weight excluding hydrogens is 388 g/mol. The number of hydrogen-bond donors (Lipinski definition) is 1. The second-order valence-electron chi connectivity index (χ2n) is 7.68. The number of nitrogens with zero attached hydrogens (tertiary/aromatic N) is 3. The zero-order valence-corrected chi connectivity index (χ0v) is 17.3. The third-order valence-corrected chi connectivity index (χ3v) is 3.98. The monoisotopic (exact) mass is 414 g/mol. The fourth-order valence-corrected chi connectivity index (χ4v) is 2.58. The molecule has 30 heavy (non-hydrogen) atoms. The molecular formula is C21H26N4O5. The van der Waals surface area contributed by atoms with Crippen LogP contribution in [0.4, 0.5) is 10.5 Å². The van der Waals surface area contributed by atoms with Crippen LogP contribution in [0, 0.1) is 10.1 Å². The lowest BCUT2D eigenvalue weighted by Crippen LogP contribution is -2.38. The van der Waals surface area contributed by atoms with Crippen LogP contribution in [0.2, 0.25) is 0 Å².